The van der Waals surface area contributed by atoms with E-state index in [9.17, 15) is 9.90 Å². The molecule has 134 valence electrons. The van der Waals surface area contributed by atoms with Crippen LogP contribution in [0.2, 0.25) is 0 Å². The molecule has 0 unspecified atom stereocenters. The minimum Gasteiger partial charge on any atom is -0.462 e. The molecule has 0 bridgehead atoms. The number of ether oxygens (including phenoxy) is 1. The highest BCUT2D eigenvalue weighted by atomic mass is 35.5. The Morgan fingerprint density at radius 3 is 2.67 bits per heavy atom. The van der Waals surface area contributed by atoms with Crippen molar-refractivity contribution < 1.29 is 14.6 Å². The van der Waals surface area contributed by atoms with E-state index < -0.39 is 6.10 Å². The van der Waals surface area contributed by atoms with Gasteiger partial charge in [-0.15, -0.1) is 11.6 Å². The number of hydrogen-bond acceptors (Lipinski definition) is 3. The van der Waals surface area contributed by atoms with Crippen LogP contribution in [0.5, 0.6) is 0 Å². The van der Waals surface area contributed by atoms with Crippen molar-refractivity contribution >= 4 is 17.6 Å². The Morgan fingerprint density at radius 1 is 1.21 bits per heavy atom. The number of allylic oxidation sites excluding steroid dienone is 5. The van der Waals surface area contributed by atoms with E-state index in [1.165, 1.54) is 0 Å². The number of aliphatic hydroxyl groups excluding tert-OH is 1. The maximum Gasteiger partial charge on any atom is 0.306 e. The molecular weight excluding hydrogens is 324 g/mol. The van der Waals surface area contributed by atoms with Gasteiger partial charge in [0.2, 0.25) is 0 Å². The van der Waals surface area contributed by atoms with Crippen LogP contribution in [0.4, 0.5) is 0 Å². The molecule has 1 fully saturated rings. The molecule has 1 aliphatic carbocycles. The average Bonchev–Trinajstić information content (AvgIpc) is 2.84. The Bertz CT molecular complexity index is 483. The van der Waals surface area contributed by atoms with Crippen molar-refractivity contribution in [3.63, 3.8) is 0 Å². The summed E-state index contributed by atoms with van der Waals surface area (Å²) in [5.74, 6) is -0.103. The Morgan fingerprint density at radius 2 is 1.92 bits per heavy atom. The van der Waals surface area contributed by atoms with Crippen molar-refractivity contribution in [2.24, 2.45) is 11.8 Å². The van der Waals surface area contributed by atoms with Gasteiger partial charge in [0.15, 0.2) is 0 Å². The largest absolute Gasteiger partial charge is 0.462 e. The molecule has 1 saturated carbocycles. The lowest BCUT2D eigenvalue weighted by molar-refractivity contribution is -0.153. The van der Waals surface area contributed by atoms with Crippen LogP contribution in [0.1, 0.15) is 51.9 Å². The van der Waals surface area contributed by atoms with E-state index in [1.807, 2.05) is 6.92 Å². The Balaban J connectivity index is 2.14. The summed E-state index contributed by atoms with van der Waals surface area (Å²) < 4.78 is 5.73. The number of carbonyl (C=O) groups excluding carboxylic acids is 1. The molecule has 5 atom stereocenters. The first-order valence-electron chi connectivity index (χ1n) is 9.11. The molecule has 0 saturated heterocycles. The molecule has 0 aromatic carbocycles. The minimum absolute atomic E-state index is 0.0496. The second-order valence-electron chi connectivity index (χ2n) is 6.65. The molecule has 0 radical (unpaired) electrons. The van der Waals surface area contributed by atoms with Crippen molar-refractivity contribution in [2.75, 3.05) is 0 Å². The van der Waals surface area contributed by atoms with Crippen molar-refractivity contribution in [2.45, 2.75) is 69.5 Å². The first kappa shape index (κ1) is 19.3. The minimum atomic E-state index is -0.577. The summed E-state index contributed by atoms with van der Waals surface area (Å²) in [5, 5.41) is 10.1. The van der Waals surface area contributed by atoms with Crippen molar-refractivity contribution in [3.05, 3.63) is 36.5 Å². The SMILES string of the molecule is CC[C@@H]1OC(=O)CCCC=CCC=CCC=C[C@@H]2[C@@H](O)[C@H](Cl)C[C@H]21. The molecule has 2 aliphatic rings. The average molecular weight is 353 g/mol. The summed E-state index contributed by atoms with van der Waals surface area (Å²) in [4.78, 5) is 12.1. The maximum absolute atomic E-state index is 12.1. The summed E-state index contributed by atoms with van der Waals surface area (Å²) in [6.45, 7) is 2.02. The molecule has 2 rings (SSSR count). The summed E-state index contributed by atoms with van der Waals surface area (Å²) in [5.41, 5.74) is 0. The van der Waals surface area contributed by atoms with Gasteiger partial charge in [-0.1, -0.05) is 43.4 Å². The third kappa shape index (κ3) is 5.49. The van der Waals surface area contributed by atoms with E-state index in [1.54, 1.807) is 0 Å². The van der Waals surface area contributed by atoms with E-state index in [2.05, 4.69) is 36.5 Å². The fourth-order valence-corrected chi connectivity index (χ4v) is 3.95. The Labute approximate surface area is 150 Å². The number of rotatable bonds is 1. The molecule has 1 aliphatic heterocycles. The van der Waals surface area contributed by atoms with Crippen LogP contribution in [0, 0.1) is 11.8 Å². The van der Waals surface area contributed by atoms with E-state index in [4.69, 9.17) is 16.3 Å². The molecule has 1 N–H and O–H groups in total. The Hall–Kier alpha value is -1.06. The summed E-state index contributed by atoms with van der Waals surface area (Å²) in [7, 11) is 0. The van der Waals surface area contributed by atoms with Gasteiger partial charge in [-0.2, -0.15) is 0 Å². The molecule has 0 spiro atoms. The second kappa shape index (κ2) is 10.0. The normalized spacial score (nSPS) is 35.6. The smallest absolute Gasteiger partial charge is 0.306 e. The fourth-order valence-electron chi connectivity index (χ4n) is 3.57. The standard InChI is InChI=1S/C20H29ClO3/c1-2-18-16-14-17(21)20(23)15(16)12-10-8-6-4-3-5-7-9-11-13-19(22)24-18/h4-7,10,12,15-18,20,23H,2-3,8-9,11,13-14H2,1H3/t15-,16+,17+,18-,20+/m0/s1. The molecule has 24 heavy (non-hydrogen) atoms. The molecule has 0 aromatic heterocycles. The molecular formula is C20H29ClO3. The number of halogens is 1. The van der Waals surface area contributed by atoms with E-state index in [-0.39, 0.29) is 29.3 Å². The van der Waals surface area contributed by atoms with Crippen molar-refractivity contribution in [1.82, 2.24) is 0 Å². The molecule has 4 heteroatoms. The number of cyclic esters (lactones) is 1. The van der Waals surface area contributed by atoms with Crippen molar-refractivity contribution in [1.29, 1.82) is 0 Å². The fraction of sp³-hybridized carbons (Fsp3) is 0.650. The summed E-state index contributed by atoms with van der Waals surface area (Å²) in [6, 6.07) is 0. The van der Waals surface area contributed by atoms with Crippen LogP contribution in [0.25, 0.3) is 0 Å². The molecule has 0 aromatic rings. The highest BCUT2D eigenvalue weighted by molar-refractivity contribution is 6.21. The lowest BCUT2D eigenvalue weighted by Gasteiger charge is -2.27. The Kier molecular flexibility index (Phi) is 8.07. The highest BCUT2D eigenvalue weighted by Crippen LogP contribution is 2.40. The van der Waals surface area contributed by atoms with Crippen LogP contribution < -0.4 is 0 Å². The van der Waals surface area contributed by atoms with Gasteiger partial charge in [-0.25, -0.2) is 0 Å². The van der Waals surface area contributed by atoms with Gasteiger partial charge < -0.3 is 9.84 Å². The highest BCUT2D eigenvalue weighted by Gasteiger charge is 2.44. The van der Waals surface area contributed by atoms with Gasteiger partial charge in [0.25, 0.3) is 0 Å². The van der Waals surface area contributed by atoms with Crippen LogP contribution >= 0.6 is 11.6 Å². The van der Waals surface area contributed by atoms with Crippen molar-refractivity contribution in [3.8, 4) is 0 Å². The third-order valence-electron chi connectivity index (χ3n) is 4.91. The van der Waals surface area contributed by atoms with Gasteiger partial charge in [-0.3, -0.25) is 4.79 Å². The van der Waals surface area contributed by atoms with Gasteiger partial charge in [0, 0.05) is 18.3 Å². The number of aliphatic hydroxyl groups is 1. The van der Waals surface area contributed by atoms with Crippen LogP contribution in [0.15, 0.2) is 36.5 Å². The summed E-state index contributed by atoms with van der Waals surface area (Å²) in [6.07, 6.45) is 17.2. The predicted molar refractivity (Wildman–Crippen MR) is 97.9 cm³/mol. The zero-order chi connectivity index (χ0) is 17.4. The van der Waals surface area contributed by atoms with Gasteiger partial charge >= 0.3 is 5.97 Å². The predicted octanol–water partition coefficient (Wildman–Crippen LogP) is 4.55. The zero-order valence-corrected chi connectivity index (χ0v) is 15.2. The third-order valence-corrected chi connectivity index (χ3v) is 5.34. The van der Waals surface area contributed by atoms with Gasteiger partial charge in [-0.05, 0) is 38.5 Å². The topological polar surface area (TPSA) is 46.5 Å². The van der Waals surface area contributed by atoms with E-state index in [0.717, 1.165) is 32.1 Å². The number of fused-ring (bicyclic) bond motifs is 1. The lowest BCUT2D eigenvalue weighted by atomic mass is 9.88. The van der Waals surface area contributed by atoms with Crippen LogP contribution in [-0.2, 0) is 9.53 Å². The monoisotopic (exact) mass is 352 g/mol. The first-order valence-corrected chi connectivity index (χ1v) is 9.55. The second-order valence-corrected chi connectivity index (χ2v) is 7.22. The summed E-state index contributed by atoms with van der Waals surface area (Å²) >= 11 is 6.30. The number of carbonyl (C=O) groups is 1. The lowest BCUT2D eigenvalue weighted by Crippen LogP contribution is -2.31. The van der Waals surface area contributed by atoms with Gasteiger partial charge in [0.1, 0.15) is 6.10 Å². The first-order chi connectivity index (χ1) is 11.6. The number of alkyl halides is 1. The zero-order valence-electron chi connectivity index (χ0n) is 14.4. The van der Waals surface area contributed by atoms with Crippen LogP contribution in [-0.4, -0.2) is 28.7 Å². The maximum atomic E-state index is 12.1. The van der Waals surface area contributed by atoms with E-state index in [0.29, 0.717) is 12.8 Å². The quantitative estimate of drug-likeness (QED) is 0.428. The number of esters is 1. The van der Waals surface area contributed by atoms with Crippen LogP contribution in [0.3, 0.4) is 0 Å². The molecule has 3 nitrogen and oxygen atoms in total. The van der Waals surface area contributed by atoms with E-state index >= 15 is 0 Å². The van der Waals surface area contributed by atoms with Gasteiger partial charge in [0.05, 0.1) is 11.5 Å². The molecule has 0 amide bonds. The molecule has 1 heterocycles. The number of hydrogen-bond donors (Lipinski definition) is 1.